The minimum Gasteiger partial charge on any atom is -0.478 e. The number of aromatic carboxylic acids is 1. The van der Waals surface area contributed by atoms with Crippen LogP contribution in [0.1, 0.15) is 40.3 Å². The summed E-state index contributed by atoms with van der Waals surface area (Å²) < 4.78 is 3.44. The second kappa shape index (κ2) is 5.63. The predicted molar refractivity (Wildman–Crippen MR) is 91.7 cm³/mol. The van der Waals surface area contributed by atoms with Gasteiger partial charge in [0.2, 0.25) is 0 Å². The van der Waals surface area contributed by atoms with Crippen molar-refractivity contribution in [3.05, 3.63) is 63.3 Å². The lowest BCUT2D eigenvalue weighted by Crippen LogP contribution is -2.26. The molecule has 0 aliphatic carbocycles. The molecule has 0 aliphatic heterocycles. The van der Waals surface area contributed by atoms with Gasteiger partial charge in [-0.2, -0.15) is 5.10 Å². The first-order chi connectivity index (χ1) is 11.3. The van der Waals surface area contributed by atoms with Crippen molar-refractivity contribution in [3.8, 4) is 0 Å². The zero-order valence-electron chi connectivity index (χ0n) is 14.1. The number of carbonyl (C=O) groups is 1. The Bertz CT molecular complexity index is 997. The Hall–Kier alpha value is -2.89. The fraction of sp³-hybridized carbons (Fsp3) is 0.278. The fourth-order valence-corrected chi connectivity index (χ4v) is 3.01. The van der Waals surface area contributed by atoms with E-state index in [2.05, 4.69) is 5.10 Å². The lowest BCUT2D eigenvalue weighted by Gasteiger charge is -2.14. The molecule has 1 unspecified atom stereocenters. The molecule has 0 amide bonds. The first-order valence-corrected chi connectivity index (χ1v) is 7.69. The van der Waals surface area contributed by atoms with Crippen LogP contribution in [0.3, 0.4) is 0 Å². The predicted octanol–water partition coefficient (Wildman–Crippen LogP) is 2.66. The summed E-state index contributed by atoms with van der Waals surface area (Å²) in [6.07, 6.45) is 1.72. The van der Waals surface area contributed by atoms with Crippen LogP contribution < -0.4 is 5.56 Å². The molecule has 124 valence electrons. The van der Waals surface area contributed by atoms with E-state index in [4.69, 9.17) is 5.11 Å². The lowest BCUT2D eigenvalue weighted by molar-refractivity contribution is 0.0697. The van der Waals surface area contributed by atoms with Gasteiger partial charge in [0.1, 0.15) is 0 Å². The Labute approximate surface area is 139 Å². The van der Waals surface area contributed by atoms with E-state index in [1.165, 1.54) is 16.8 Å². The molecule has 2 aromatic heterocycles. The van der Waals surface area contributed by atoms with Crippen molar-refractivity contribution in [1.29, 1.82) is 0 Å². The average Bonchev–Trinajstić information content (AvgIpc) is 2.79. The first kappa shape index (κ1) is 16.0. The summed E-state index contributed by atoms with van der Waals surface area (Å²) in [6.45, 7) is 5.77. The van der Waals surface area contributed by atoms with Gasteiger partial charge in [-0.25, -0.2) is 9.48 Å². The van der Waals surface area contributed by atoms with E-state index >= 15 is 0 Å². The maximum absolute atomic E-state index is 12.9. The zero-order valence-corrected chi connectivity index (χ0v) is 14.1. The summed E-state index contributed by atoms with van der Waals surface area (Å²) >= 11 is 0. The van der Waals surface area contributed by atoms with Crippen LogP contribution >= 0.6 is 0 Å². The number of benzene rings is 1. The van der Waals surface area contributed by atoms with Crippen LogP contribution in [0, 0.1) is 13.8 Å². The normalized spacial score (nSPS) is 12.5. The average molecular weight is 325 g/mol. The highest BCUT2D eigenvalue weighted by atomic mass is 16.4. The maximum Gasteiger partial charge on any atom is 0.335 e. The lowest BCUT2D eigenvalue weighted by atomic mass is 10.1. The van der Waals surface area contributed by atoms with Crippen molar-refractivity contribution in [1.82, 2.24) is 14.3 Å². The van der Waals surface area contributed by atoms with Crippen molar-refractivity contribution < 1.29 is 9.90 Å². The van der Waals surface area contributed by atoms with Crippen LogP contribution in [0.25, 0.3) is 10.8 Å². The van der Waals surface area contributed by atoms with Gasteiger partial charge < -0.3 is 9.67 Å². The molecule has 0 spiro atoms. The Balaban J connectivity index is 2.12. The Morgan fingerprint density at radius 1 is 1.17 bits per heavy atom. The third kappa shape index (κ3) is 2.31. The van der Waals surface area contributed by atoms with Crippen LogP contribution in [-0.4, -0.2) is 25.4 Å². The van der Waals surface area contributed by atoms with E-state index in [0.717, 1.165) is 22.3 Å². The largest absolute Gasteiger partial charge is 0.478 e. The molecule has 0 fully saturated rings. The van der Waals surface area contributed by atoms with Crippen LogP contribution in [0.5, 0.6) is 0 Å². The number of fused-ring (bicyclic) bond motifs is 1. The van der Waals surface area contributed by atoms with Gasteiger partial charge in [0.25, 0.3) is 5.56 Å². The summed E-state index contributed by atoms with van der Waals surface area (Å²) in [6, 6.07) is 6.22. The van der Waals surface area contributed by atoms with E-state index in [9.17, 15) is 9.59 Å². The van der Waals surface area contributed by atoms with Crippen LogP contribution in [0.15, 0.2) is 35.3 Å². The standard InChI is InChI=1S/C18H19N3O3/c1-10(13-5-7-14(8-6-13)18(23)24)21-17(22)16-12(3)20(4)11(2)15(16)9-19-21/h5-10H,1-4H3,(H,23,24). The Morgan fingerprint density at radius 2 is 1.79 bits per heavy atom. The molecule has 0 aliphatic rings. The molecular formula is C18H19N3O3. The molecule has 24 heavy (non-hydrogen) atoms. The summed E-state index contributed by atoms with van der Waals surface area (Å²) in [7, 11) is 1.93. The van der Waals surface area contributed by atoms with E-state index in [1.807, 2.05) is 32.4 Å². The number of hydrogen-bond donors (Lipinski definition) is 1. The molecular weight excluding hydrogens is 306 g/mol. The van der Waals surface area contributed by atoms with Gasteiger partial charge in [-0.3, -0.25) is 4.79 Å². The van der Waals surface area contributed by atoms with Crippen LogP contribution in [0.4, 0.5) is 0 Å². The number of rotatable bonds is 3. The Morgan fingerprint density at radius 3 is 2.38 bits per heavy atom. The molecule has 1 atom stereocenters. The molecule has 6 heteroatoms. The molecule has 3 rings (SSSR count). The fourth-order valence-electron chi connectivity index (χ4n) is 3.01. The molecule has 6 nitrogen and oxygen atoms in total. The van der Waals surface area contributed by atoms with E-state index in [-0.39, 0.29) is 17.2 Å². The van der Waals surface area contributed by atoms with Gasteiger partial charge in [-0.1, -0.05) is 12.1 Å². The third-order valence-electron chi connectivity index (χ3n) is 4.77. The van der Waals surface area contributed by atoms with Crippen molar-refractivity contribution in [2.45, 2.75) is 26.8 Å². The van der Waals surface area contributed by atoms with E-state index in [1.54, 1.807) is 18.3 Å². The minimum atomic E-state index is -0.971. The van der Waals surface area contributed by atoms with Crippen molar-refractivity contribution >= 4 is 16.7 Å². The topological polar surface area (TPSA) is 77.1 Å². The van der Waals surface area contributed by atoms with Crippen molar-refractivity contribution in [2.24, 2.45) is 7.05 Å². The number of aryl methyl sites for hydroxylation is 2. The second-order valence-electron chi connectivity index (χ2n) is 6.02. The number of carboxylic acid groups (broad SMARTS) is 1. The third-order valence-corrected chi connectivity index (χ3v) is 4.77. The van der Waals surface area contributed by atoms with Crippen LogP contribution in [-0.2, 0) is 7.05 Å². The molecule has 0 radical (unpaired) electrons. The summed E-state index contributed by atoms with van der Waals surface area (Å²) in [5, 5.41) is 14.9. The quantitative estimate of drug-likeness (QED) is 0.803. The van der Waals surface area contributed by atoms with E-state index in [0.29, 0.717) is 5.39 Å². The van der Waals surface area contributed by atoms with Gasteiger partial charge in [-0.15, -0.1) is 0 Å². The number of carboxylic acids is 1. The highest BCUT2D eigenvalue weighted by Gasteiger charge is 2.18. The summed E-state index contributed by atoms with van der Waals surface area (Å²) in [5.41, 5.74) is 2.84. The first-order valence-electron chi connectivity index (χ1n) is 7.69. The SMILES string of the molecule is Cc1c2cnn(C(C)c3ccc(C(=O)O)cc3)c(=O)c2c(C)n1C. The summed E-state index contributed by atoms with van der Waals surface area (Å²) in [4.78, 5) is 23.9. The highest BCUT2D eigenvalue weighted by molar-refractivity contribution is 5.87. The monoisotopic (exact) mass is 325 g/mol. The molecule has 0 bridgehead atoms. The second-order valence-corrected chi connectivity index (χ2v) is 6.02. The molecule has 1 N–H and O–H groups in total. The van der Waals surface area contributed by atoms with Gasteiger partial charge in [0.15, 0.2) is 0 Å². The van der Waals surface area contributed by atoms with E-state index < -0.39 is 5.97 Å². The van der Waals surface area contributed by atoms with Crippen LogP contribution in [0.2, 0.25) is 0 Å². The number of hydrogen-bond acceptors (Lipinski definition) is 3. The van der Waals surface area contributed by atoms with Gasteiger partial charge >= 0.3 is 5.97 Å². The molecule has 3 aromatic rings. The minimum absolute atomic E-state index is 0.136. The maximum atomic E-state index is 12.9. The number of nitrogens with zero attached hydrogens (tertiary/aromatic N) is 3. The van der Waals surface area contributed by atoms with Gasteiger partial charge in [-0.05, 0) is 38.5 Å². The van der Waals surface area contributed by atoms with Gasteiger partial charge in [0, 0.05) is 23.8 Å². The molecule has 2 heterocycles. The summed E-state index contributed by atoms with van der Waals surface area (Å²) in [5.74, 6) is -0.971. The highest BCUT2D eigenvalue weighted by Crippen LogP contribution is 2.22. The Kier molecular flexibility index (Phi) is 3.75. The number of aromatic nitrogens is 3. The zero-order chi connectivity index (χ0) is 17.6. The van der Waals surface area contributed by atoms with Crippen molar-refractivity contribution in [2.75, 3.05) is 0 Å². The molecule has 1 aromatic carbocycles. The van der Waals surface area contributed by atoms with Gasteiger partial charge in [0.05, 0.1) is 23.2 Å². The van der Waals surface area contributed by atoms with Crippen molar-refractivity contribution in [3.63, 3.8) is 0 Å². The molecule has 0 saturated carbocycles. The smallest absolute Gasteiger partial charge is 0.335 e. The molecule has 0 saturated heterocycles.